The predicted octanol–water partition coefficient (Wildman–Crippen LogP) is 3.24. The van der Waals surface area contributed by atoms with Gasteiger partial charge in [-0.25, -0.2) is 4.79 Å². The first-order chi connectivity index (χ1) is 12.6. The van der Waals surface area contributed by atoms with Crippen LogP contribution in [0.3, 0.4) is 0 Å². The Bertz CT molecular complexity index is 666. The fraction of sp³-hybridized carbons (Fsp3) is 0.524. The van der Waals surface area contributed by atoms with Crippen LogP contribution in [0.5, 0.6) is 0 Å². The minimum absolute atomic E-state index is 0.0456. The van der Waals surface area contributed by atoms with Gasteiger partial charge in [0.05, 0.1) is 0 Å². The molecule has 1 aromatic rings. The highest BCUT2D eigenvalue weighted by Crippen LogP contribution is 2.19. The van der Waals surface area contributed by atoms with Crippen LogP contribution in [0.4, 0.5) is 4.79 Å². The minimum Gasteiger partial charge on any atom is -0.354 e. The molecule has 1 N–H and O–H groups in total. The van der Waals surface area contributed by atoms with Gasteiger partial charge < -0.3 is 15.1 Å². The number of carbonyl (C=O) groups excluding carboxylic acids is 2. The maximum absolute atomic E-state index is 12.5. The maximum Gasteiger partial charge on any atom is 0.320 e. The van der Waals surface area contributed by atoms with Crippen molar-refractivity contribution in [2.45, 2.75) is 45.6 Å². The second-order valence-electron chi connectivity index (χ2n) is 7.32. The monoisotopic (exact) mass is 355 g/mol. The average molecular weight is 355 g/mol. The fourth-order valence-corrected chi connectivity index (χ4v) is 3.56. The van der Waals surface area contributed by atoms with E-state index in [4.69, 9.17) is 0 Å². The highest BCUT2D eigenvalue weighted by molar-refractivity contribution is 5.85. The van der Waals surface area contributed by atoms with Gasteiger partial charge in [-0.2, -0.15) is 0 Å². The van der Waals surface area contributed by atoms with Crippen molar-refractivity contribution in [2.75, 3.05) is 26.2 Å². The second kappa shape index (κ2) is 8.88. The Morgan fingerprint density at radius 2 is 1.88 bits per heavy atom. The van der Waals surface area contributed by atoms with E-state index in [0.717, 1.165) is 18.4 Å². The van der Waals surface area contributed by atoms with Crippen molar-refractivity contribution in [2.24, 2.45) is 0 Å². The molecule has 1 fully saturated rings. The lowest BCUT2D eigenvalue weighted by Crippen LogP contribution is -2.40. The highest BCUT2D eigenvalue weighted by Gasteiger charge is 2.29. The zero-order valence-electron chi connectivity index (χ0n) is 15.7. The number of aryl methyl sites for hydroxylation is 1. The first-order valence-corrected chi connectivity index (χ1v) is 9.66. The molecule has 0 saturated carbocycles. The zero-order chi connectivity index (χ0) is 18.4. The van der Waals surface area contributed by atoms with E-state index in [2.05, 4.69) is 42.6 Å². The van der Waals surface area contributed by atoms with Gasteiger partial charge >= 0.3 is 6.03 Å². The molecule has 0 unspecified atom stereocenters. The number of carbonyl (C=O) groups is 2. The van der Waals surface area contributed by atoms with Crippen LogP contribution < -0.4 is 5.32 Å². The van der Waals surface area contributed by atoms with Gasteiger partial charge in [-0.05, 0) is 44.6 Å². The molecule has 5 nitrogen and oxygen atoms in total. The van der Waals surface area contributed by atoms with Crippen LogP contribution in [0.2, 0.25) is 0 Å². The van der Waals surface area contributed by atoms with Gasteiger partial charge in [0.25, 0.3) is 0 Å². The van der Waals surface area contributed by atoms with Crippen molar-refractivity contribution >= 4 is 11.9 Å². The minimum atomic E-state index is -0.0630. The molecular formula is C21H29N3O2. The van der Waals surface area contributed by atoms with Gasteiger partial charge in [-0.3, -0.25) is 4.79 Å². The Morgan fingerprint density at radius 3 is 2.62 bits per heavy atom. The third-order valence-electron chi connectivity index (χ3n) is 5.16. The van der Waals surface area contributed by atoms with Crippen LogP contribution in [0.15, 0.2) is 35.9 Å². The average Bonchev–Trinajstić information content (AvgIpc) is 2.98. The zero-order valence-corrected chi connectivity index (χ0v) is 15.7. The van der Waals surface area contributed by atoms with Crippen LogP contribution in [0.1, 0.15) is 43.2 Å². The Morgan fingerprint density at radius 1 is 1.12 bits per heavy atom. The van der Waals surface area contributed by atoms with Crippen LogP contribution in [-0.4, -0.2) is 47.9 Å². The third-order valence-corrected chi connectivity index (χ3v) is 5.16. The molecule has 3 rings (SSSR count). The summed E-state index contributed by atoms with van der Waals surface area (Å²) >= 11 is 0. The number of nitrogens with one attached hydrogen (secondary N) is 1. The van der Waals surface area contributed by atoms with E-state index in [1.54, 1.807) is 4.90 Å². The van der Waals surface area contributed by atoms with Gasteiger partial charge in [-0.15, -0.1) is 0 Å². The number of amides is 3. The summed E-state index contributed by atoms with van der Waals surface area (Å²) in [5, 5.41) is 2.96. The molecule has 0 spiro atoms. The number of rotatable bonds is 7. The molecule has 140 valence electrons. The molecule has 1 aliphatic carbocycles. The number of hydrogen-bond acceptors (Lipinski definition) is 2. The van der Waals surface area contributed by atoms with Gasteiger partial charge in [0.15, 0.2) is 0 Å². The highest BCUT2D eigenvalue weighted by atomic mass is 16.2. The summed E-state index contributed by atoms with van der Waals surface area (Å²) in [4.78, 5) is 28.1. The molecule has 1 aliphatic heterocycles. The number of allylic oxidation sites excluding steroid dienone is 1. The van der Waals surface area contributed by atoms with Gasteiger partial charge in [0.1, 0.15) is 6.54 Å². The lowest BCUT2D eigenvalue weighted by Gasteiger charge is -2.19. The lowest BCUT2D eigenvalue weighted by atomic mass is 9.97. The quantitative estimate of drug-likeness (QED) is 0.764. The molecule has 1 heterocycles. The smallest absolute Gasteiger partial charge is 0.320 e. The van der Waals surface area contributed by atoms with Crippen LogP contribution in [-0.2, 0) is 11.3 Å². The van der Waals surface area contributed by atoms with Crippen molar-refractivity contribution in [3.8, 4) is 0 Å². The van der Waals surface area contributed by atoms with E-state index in [0.29, 0.717) is 26.2 Å². The number of urea groups is 1. The first kappa shape index (κ1) is 18.5. The summed E-state index contributed by atoms with van der Waals surface area (Å²) in [6.07, 6.45) is 8.11. The van der Waals surface area contributed by atoms with E-state index in [1.165, 1.54) is 30.4 Å². The van der Waals surface area contributed by atoms with E-state index < -0.39 is 0 Å². The van der Waals surface area contributed by atoms with E-state index in [9.17, 15) is 9.59 Å². The standard InChI is InChI=1S/C21H29N3O2/c1-17-7-9-19(10-8-17)15-23-13-14-24(21(23)26)16-20(25)22-12-11-18-5-3-2-4-6-18/h5,7-10H,2-4,6,11-16H2,1H3,(H,22,25). The first-order valence-electron chi connectivity index (χ1n) is 9.66. The van der Waals surface area contributed by atoms with Crippen molar-refractivity contribution in [3.63, 3.8) is 0 Å². The van der Waals surface area contributed by atoms with Gasteiger partial charge in [-0.1, -0.05) is 41.5 Å². The van der Waals surface area contributed by atoms with E-state index >= 15 is 0 Å². The van der Waals surface area contributed by atoms with Crippen LogP contribution >= 0.6 is 0 Å². The van der Waals surface area contributed by atoms with E-state index in [-0.39, 0.29) is 18.5 Å². The van der Waals surface area contributed by atoms with Crippen molar-refractivity contribution < 1.29 is 9.59 Å². The Labute approximate surface area is 156 Å². The van der Waals surface area contributed by atoms with E-state index in [1.807, 2.05) is 4.90 Å². The normalized spacial score (nSPS) is 17.4. The van der Waals surface area contributed by atoms with Crippen molar-refractivity contribution in [1.29, 1.82) is 0 Å². The molecule has 3 amide bonds. The largest absolute Gasteiger partial charge is 0.354 e. The molecule has 5 heteroatoms. The summed E-state index contributed by atoms with van der Waals surface area (Å²) in [5.74, 6) is -0.0630. The second-order valence-corrected chi connectivity index (χ2v) is 7.32. The molecular weight excluding hydrogens is 326 g/mol. The topological polar surface area (TPSA) is 52.6 Å². The molecule has 0 aromatic heterocycles. The summed E-state index contributed by atoms with van der Waals surface area (Å²) in [7, 11) is 0. The molecule has 0 radical (unpaired) electrons. The summed E-state index contributed by atoms with van der Waals surface area (Å²) in [5.41, 5.74) is 3.79. The van der Waals surface area contributed by atoms with Crippen molar-refractivity contribution in [1.82, 2.24) is 15.1 Å². The molecule has 0 bridgehead atoms. The SMILES string of the molecule is Cc1ccc(CN2CCN(CC(=O)NCCC3=CCCCC3)C2=O)cc1. The molecule has 1 aromatic carbocycles. The maximum atomic E-state index is 12.5. The Hall–Kier alpha value is -2.30. The van der Waals surface area contributed by atoms with Crippen LogP contribution in [0.25, 0.3) is 0 Å². The molecule has 1 saturated heterocycles. The molecule has 2 aliphatic rings. The number of hydrogen-bond donors (Lipinski definition) is 1. The lowest BCUT2D eigenvalue weighted by molar-refractivity contribution is -0.121. The Balaban J connectivity index is 1.40. The predicted molar refractivity (Wildman–Crippen MR) is 103 cm³/mol. The number of nitrogens with zero attached hydrogens (tertiary/aromatic N) is 2. The third kappa shape index (κ3) is 5.10. The molecule has 26 heavy (non-hydrogen) atoms. The fourth-order valence-electron chi connectivity index (χ4n) is 3.56. The van der Waals surface area contributed by atoms with Crippen LogP contribution in [0, 0.1) is 6.92 Å². The van der Waals surface area contributed by atoms with Crippen molar-refractivity contribution in [3.05, 3.63) is 47.0 Å². The van der Waals surface area contributed by atoms with Gasteiger partial charge in [0.2, 0.25) is 5.91 Å². The summed E-state index contributed by atoms with van der Waals surface area (Å²) in [6.45, 7) is 4.76. The molecule has 0 atom stereocenters. The number of benzene rings is 1. The summed E-state index contributed by atoms with van der Waals surface area (Å²) < 4.78 is 0. The Kier molecular flexibility index (Phi) is 6.31. The van der Waals surface area contributed by atoms with Gasteiger partial charge in [0, 0.05) is 26.2 Å². The summed E-state index contributed by atoms with van der Waals surface area (Å²) in [6, 6.07) is 8.18.